The summed E-state index contributed by atoms with van der Waals surface area (Å²) in [6.45, 7) is 1.90. The Bertz CT molecular complexity index is 245. The van der Waals surface area contributed by atoms with Crippen LogP contribution in [0.1, 0.15) is 6.92 Å². The average Bonchev–Trinajstić information content (AvgIpc) is 2.49. The highest BCUT2D eigenvalue weighted by atomic mass is 32.2. The van der Waals surface area contributed by atoms with Crippen LogP contribution in [-0.4, -0.2) is 52.6 Å². The van der Waals surface area contributed by atoms with Crippen LogP contribution in [0.4, 0.5) is 4.79 Å². The van der Waals surface area contributed by atoms with Crippen LogP contribution in [0.2, 0.25) is 0 Å². The number of amides is 2. The number of aliphatic hydroxyl groups excluding tert-OH is 1. The van der Waals surface area contributed by atoms with E-state index >= 15 is 0 Å². The molecule has 80 valence electrons. The molecule has 2 unspecified atom stereocenters. The van der Waals surface area contributed by atoms with Crippen molar-refractivity contribution in [3.63, 3.8) is 0 Å². The third-order valence-electron chi connectivity index (χ3n) is 1.89. The fourth-order valence-corrected chi connectivity index (χ4v) is 2.04. The number of likely N-dealkylation sites (N-methyl/N-ethyl adjacent to an activating group) is 1. The summed E-state index contributed by atoms with van der Waals surface area (Å²) in [5.41, 5.74) is 0. The second-order valence-corrected chi connectivity index (χ2v) is 4.36. The van der Waals surface area contributed by atoms with Crippen LogP contribution in [0.3, 0.4) is 0 Å². The molecule has 0 saturated carbocycles. The van der Waals surface area contributed by atoms with Gasteiger partial charge in [-0.1, -0.05) is 11.8 Å². The second-order valence-electron chi connectivity index (χ2n) is 3.36. The molecule has 5 nitrogen and oxygen atoms in total. The van der Waals surface area contributed by atoms with Crippen LogP contribution in [0.5, 0.6) is 0 Å². The highest BCUT2D eigenvalue weighted by Gasteiger charge is 2.30. The Morgan fingerprint density at radius 3 is 2.93 bits per heavy atom. The van der Waals surface area contributed by atoms with Crippen molar-refractivity contribution in [1.82, 2.24) is 10.2 Å². The molecule has 0 bridgehead atoms. The minimum Gasteiger partial charge on any atom is -0.392 e. The highest BCUT2D eigenvalue weighted by molar-refractivity contribution is 8.14. The van der Waals surface area contributed by atoms with E-state index in [0.29, 0.717) is 5.75 Å². The van der Waals surface area contributed by atoms with Gasteiger partial charge in [-0.05, 0) is 6.92 Å². The first-order valence-electron chi connectivity index (χ1n) is 4.37. The van der Waals surface area contributed by atoms with Crippen LogP contribution in [0.25, 0.3) is 0 Å². The molecule has 2 atom stereocenters. The maximum absolute atomic E-state index is 11.6. The zero-order chi connectivity index (χ0) is 10.7. The van der Waals surface area contributed by atoms with Crippen molar-refractivity contribution >= 4 is 22.9 Å². The molecular formula is C8H14N2O3S. The Hall–Kier alpha value is -0.750. The van der Waals surface area contributed by atoms with Crippen LogP contribution in [-0.2, 0) is 4.79 Å². The van der Waals surface area contributed by atoms with Crippen molar-refractivity contribution in [2.24, 2.45) is 0 Å². The van der Waals surface area contributed by atoms with Gasteiger partial charge in [0, 0.05) is 19.3 Å². The van der Waals surface area contributed by atoms with Crippen LogP contribution in [0.15, 0.2) is 0 Å². The summed E-state index contributed by atoms with van der Waals surface area (Å²) in [7, 11) is 1.62. The molecule has 14 heavy (non-hydrogen) atoms. The molecule has 2 N–H and O–H groups in total. The first kappa shape index (κ1) is 11.3. The molecule has 1 heterocycles. The van der Waals surface area contributed by atoms with Gasteiger partial charge in [0.1, 0.15) is 6.04 Å². The van der Waals surface area contributed by atoms with E-state index in [2.05, 4.69) is 5.32 Å². The largest absolute Gasteiger partial charge is 0.392 e. The van der Waals surface area contributed by atoms with Gasteiger partial charge >= 0.3 is 0 Å². The number of carbonyl (C=O) groups excluding carboxylic acids is 2. The smallest absolute Gasteiger partial charge is 0.279 e. The first-order valence-corrected chi connectivity index (χ1v) is 5.35. The standard InChI is InChI=1S/C8H14N2O3S/c1-5(11)3-10(2)7(12)6-4-14-8(13)9-6/h5-6,11H,3-4H2,1-2H3,(H,9,13). The Kier molecular flexibility index (Phi) is 3.77. The van der Waals surface area contributed by atoms with E-state index in [9.17, 15) is 9.59 Å². The van der Waals surface area contributed by atoms with Crippen molar-refractivity contribution in [3.05, 3.63) is 0 Å². The molecule has 0 aromatic rings. The Labute approximate surface area is 86.8 Å². The molecule has 0 radical (unpaired) electrons. The molecule has 0 spiro atoms. The van der Waals surface area contributed by atoms with Gasteiger partial charge in [-0.15, -0.1) is 0 Å². The van der Waals surface area contributed by atoms with Crippen molar-refractivity contribution in [1.29, 1.82) is 0 Å². The molecule has 6 heteroatoms. The Morgan fingerprint density at radius 2 is 2.50 bits per heavy atom. The van der Waals surface area contributed by atoms with Gasteiger partial charge in [-0.25, -0.2) is 0 Å². The molecule has 0 aromatic carbocycles. The molecule has 1 fully saturated rings. The number of hydrogen-bond donors (Lipinski definition) is 2. The van der Waals surface area contributed by atoms with Crippen molar-refractivity contribution in [2.75, 3.05) is 19.3 Å². The summed E-state index contributed by atoms with van der Waals surface area (Å²) >= 11 is 1.11. The summed E-state index contributed by atoms with van der Waals surface area (Å²) in [4.78, 5) is 23.9. The normalized spacial score (nSPS) is 23.1. The van der Waals surface area contributed by atoms with Crippen molar-refractivity contribution < 1.29 is 14.7 Å². The number of rotatable bonds is 3. The molecule has 0 aromatic heterocycles. The van der Waals surface area contributed by atoms with Gasteiger partial charge in [0.05, 0.1) is 6.10 Å². The predicted molar refractivity (Wildman–Crippen MR) is 54.1 cm³/mol. The summed E-state index contributed by atoms with van der Waals surface area (Å²) in [5, 5.41) is 11.5. The number of carbonyl (C=O) groups is 2. The Balaban J connectivity index is 2.44. The summed E-state index contributed by atoms with van der Waals surface area (Å²) in [6.07, 6.45) is -0.547. The van der Waals surface area contributed by atoms with Gasteiger partial charge in [0.25, 0.3) is 5.24 Å². The third kappa shape index (κ3) is 2.88. The first-order chi connectivity index (χ1) is 6.50. The SMILES string of the molecule is CC(O)CN(C)C(=O)C1CSC(=O)N1. The monoisotopic (exact) mass is 218 g/mol. The van der Waals surface area contributed by atoms with Gasteiger partial charge in [-0.2, -0.15) is 0 Å². The number of thioether (sulfide) groups is 1. The fraction of sp³-hybridized carbons (Fsp3) is 0.750. The van der Waals surface area contributed by atoms with E-state index in [4.69, 9.17) is 5.11 Å². The van der Waals surface area contributed by atoms with Crippen LogP contribution >= 0.6 is 11.8 Å². The maximum Gasteiger partial charge on any atom is 0.279 e. The van der Waals surface area contributed by atoms with E-state index in [1.165, 1.54) is 4.90 Å². The molecular weight excluding hydrogens is 204 g/mol. The highest BCUT2D eigenvalue weighted by Crippen LogP contribution is 2.14. The van der Waals surface area contributed by atoms with E-state index in [1.54, 1.807) is 14.0 Å². The van der Waals surface area contributed by atoms with E-state index in [0.717, 1.165) is 11.8 Å². The lowest BCUT2D eigenvalue weighted by atomic mass is 10.3. The lowest BCUT2D eigenvalue weighted by Gasteiger charge is -2.21. The number of nitrogens with one attached hydrogen (secondary N) is 1. The third-order valence-corrected chi connectivity index (χ3v) is 2.77. The minimum atomic E-state index is -0.547. The number of nitrogens with zero attached hydrogens (tertiary/aromatic N) is 1. The molecule has 1 saturated heterocycles. The van der Waals surface area contributed by atoms with E-state index in [1.807, 2.05) is 0 Å². The number of hydrogen-bond acceptors (Lipinski definition) is 4. The molecule has 2 amide bonds. The molecule has 1 aliphatic heterocycles. The maximum atomic E-state index is 11.6. The summed E-state index contributed by atoms with van der Waals surface area (Å²) in [5.74, 6) is 0.325. The lowest BCUT2D eigenvalue weighted by Crippen LogP contribution is -2.45. The molecule has 0 aliphatic carbocycles. The number of aliphatic hydroxyl groups is 1. The van der Waals surface area contributed by atoms with Gasteiger partial charge in [-0.3, -0.25) is 9.59 Å². The topological polar surface area (TPSA) is 69.6 Å². The van der Waals surface area contributed by atoms with Crippen molar-refractivity contribution in [3.8, 4) is 0 Å². The molecule has 1 aliphatic rings. The summed E-state index contributed by atoms with van der Waals surface area (Å²) < 4.78 is 0. The minimum absolute atomic E-state index is 0.149. The zero-order valence-corrected chi connectivity index (χ0v) is 9.00. The molecule has 1 rings (SSSR count). The van der Waals surface area contributed by atoms with Crippen molar-refractivity contribution in [2.45, 2.75) is 19.1 Å². The van der Waals surface area contributed by atoms with Crippen LogP contribution in [0, 0.1) is 0 Å². The van der Waals surface area contributed by atoms with E-state index in [-0.39, 0.29) is 17.7 Å². The van der Waals surface area contributed by atoms with Gasteiger partial charge < -0.3 is 15.3 Å². The quantitative estimate of drug-likeness (QED) is 0.679. The lowest BCUT2D eigenvalue weighted by molar-refractivity contribution is -0.132. The van der Waals surface area contributed by atoms with Crippen LogP contribution < -0.4 is 5.32 Å². The average molecular weight is 218 g/mol. The Morgan fingerprint density at radius 1 is 1.86 bits per heavy atom. The van der Waals surface area contributed by atoms with Gasteiger partial charge in [0.15, 0.2) is 0 Å². The second kappa shape index (κ2) is 4.65. The van der Waals surface area contributed by atoms with Gasteiger partial charge in [0.2, 0.25) is 5.91 Å². The van der Waals surface area contributed by atoms with E-state index < -0.39 is 12.1 Å². The zero-order valence-electron chi connectivity index (χ0n) is 8.19. The fourth-order valence-electron chi connectivity index (χ4n) is 1.27. The predicted octanol–water partition coefficient (Wildman–Crippen LogP) is -0.349. The summed E-state index contributed by atoms with van der Waals surface area (Å²) in [6, 6.07) is -0.434.